The Balaban J connectivity index is 1.66. The van der Waals surface area contributed by atoms with Crippen molar-refractivity contribution < 1.29 is 4.79 Å². The van der Waals surface area contributed by atoms with E-state index < -0.39 is 0 Å². The van der Waals surface area contributed by atoms with Crippen molar-refractivity contribution in [2.45, 2.75) is 20.8 Å². The first-order valence-electron chi connectivity index (χ1n) is 9.46. The van der Waals surface area contributed by atoms with Gasteiger partial charge in [-0.25, -0.2) is 9.97 Å². The van der Waals surface area contributed by atoms with Gasteiger partial charge >= 0.3 is 0 Å². The number of anilines is 1. The fraction of sp³-hybridized carbons (Fsp3) is 0.217. The number of aromatic nitrogens is 4. The number of benzene rings is 2. The van der Waals surface area contributed by atoms with Crippen molar-refractivity contribution in [2.75, 3.05) is 11.9 Å². The number of amides is 1. The molecule has 0 aliphatic rings. The molecule has 0 aliphatic carbocycles. The molecule has 1 amide bonds. The van der Waals surface area contributed by atoms with Crippen LogP contribution in [0.15, 0.2) is 48.8 Å². The Morgan fingerprint density at radius 3 is 2.52 bits per heavy atom. The summed E-state index contributed by atoms with van der Waals surface area (Å²) >= 11 is 0. The van der Waals surface area contributed by atoms with Crippen LogP contribution < -0.4 is 4.90 Å². The predicted molar refractivity (Wildman–Crippen MR) is 115 cm³/mol. The average molecular weight is 385 g/mol. The highest BCUT2D eigenvalue weighted by molar-refractivity contribution is 6.05. The number of nitrogens with zero attached hydrogens (tertiary/aromatic N) is 5. The SMILES string of the molecule is Cc1ccc2nc(-c3ccc(N(C)C(=O)c4nn(C)cc4C)c(C)c3)ncc2c1. The number of fused-ring (bicyclic) bond motifs is 1. The smallest absolute Gasteiger partial charge is 0.278 e. The minimum atomic E-state index is -0.128. The van der Waals surface area contributed by atoms with Crippen LogP contribution in [0.2, 0.25) is 0 Å². The normalized spacial score (nSPS) is 11.1. The largest absolute Gasteiger partial charge is 0.310 e. The zero-order valence-electron chi connectivity index (χ0n) is 17.3. The number of hydrogen-bond donors (Lipinski definition) is 0. The zero-order valence-corrected chi connectivity index (χ0v) is 17.3. The van der Waals surface area contributed by atoms with Gasteiger partial charge in [-0.2, -0.15) is 5.10 Å². The van der Waals surface area contributed by atoms with Gasteiger partial charge in [-0.1, -0.05) is 11.6 Å². The Bertz CT molecular complexity index is 1240. The van der Waals surface area contributed by atoms with E-state index in [1.165, 1.54) is 5.56 Å². The molecule has 0 atom stereocenters. The molecule has 6 heteroatoms. The van der Waals surface area contributed by atoms with Crippen LogP contribution >= 0.6 is 0 Å². The maximum Gasteiger partial charge on any atom is 0.278 e. The molecule has 4 aromatic rings. The van der Waals surface area contributed by atoms with Gasteiger partial charge in [-0.15, -0.1) is 0 Å². The third kappa shape index (κ3) is 3.49. The molecule has 0 bridgehead atoms. The lowest BCUT2D eigenvalue weighted by Crippen LogP contribution is -2.28. The van der Waals surface area contributed by atoms with Crippen molar-refractivity contribution in [3.63, 3.8) is 0 Å². The second-order valence-electron chi connectivity index (χ2n) is 7.46. The van der Waals surface area contributed by atoms with Crippen LogP contribution in [0.1, 0.15) is 27.2 Å². The summed E-state index contributed by atoms with van der Waals surface area (Å²) < 4.78 is 1.66. The van der Waals surface area contributed by atoms with Crippen molar-refractivity contribution in [2.24, 2.45) is 7.05 Å². The Morgan fingerprint density at radius 2 is 1.83 bits per heavy atom. The second-order valence-corrected chi connectivity index (χ2v) is 7.46. The van der Waals surface area contributed by atoms with Crippen LogP contribution in [0.4, 0.5) is 5.69 Å². The van der Waals surface area contributed by atoms with E-state index >= 15 is 0 Å². The summed E-state index contributed by atoms with van der Waals surface area (Å²) in [5, 5.41) is 5.32. The van der Waals surface area contributed by atoms with Gasteiger partial charge in [0.1, 0.15) is 0 Å². The van der Waals surface area contributed by atoms with Gasteiger partial charge in [0.15, 0.2) is 11.5 Å². The van der Waals surface area contributed by atoms with Gasteiger partial charge in [0.2, 0.25) is 0 Å². The fourth-order valence-corrected chi connectivity index (χ4v) is 3.55. The van der Waals surface area contributed by atoms with Crippen molar-refractivity contribution in [1.29, 1.82) is 0 Å². The quantitative estimate of drug-likeness (QED) is 0.529. The Hall–Kier alpha value is -3.54. The molecule has 0 fully saturated rings. The lowest BCUT2D eigenvalue weighted by atomic mass is 10.1. The van der Waals surface area contributed by atoms with Crippen molar-refractivity contribution in [1.82, 2.24) is 19.7 Å². The Labute approximate surface area is 169 Å². The molecule has 2 heterocycles. The lowest BCUT2D eigenvalue weighted by Gasteiger charge is -2.19. The molecule has 2 aromatic heterocycles. The Kier molecular flexibility index (Phi) is 4.62. The first kappa shape index (κ1) is 18.8. The molecule has 0 saturated carbocycles. The Morgan fingerprint density at radius 1 is 1.03 bits per heavy atom. The highest BCUT2D eigenvalue weighted by Gasteiger charge is 2.20. The van der Waals surface area contributed by atoms with Gasteiger partial charge in [-0.05, 0) is 56.7 Å². The summed E-state index contributed by atoms with van der Waals surface area (Å²) in [7, 11) is 3.59. The minimum Gasteiger partial charge on any atom is -0.310 e. The van der Waals surface area contributed by atoms with Crippen LogP contribution in [-0.4, -0.2) is 32.7 Å². The molecule has 29 heavy (non-hydrogen) atoms. The molecular weight excluding hydrogens is 362 g/mol. The van der Waals surface area contributed by atoms with Crippen LogP contribution in [0.25, 0.3) is 22.3 Å². The standard InChI is InChI=1S/C23H23N5O/c1-14-6-8-19-18(10-14)12-24-22(25-19)17-7-9-20(15(2)11-17)28(5)23(29)21-16(3)13-27(4)26-21/h6-13H,1-5H3. The summed E-state index contributed by atoms with van der Waals surface area (Å²) in [4.78, 5) is 23.7. The van der Waals surface area contributed by atoms with Crippen LogP contribution in [0.3, 0.4) is 0 Å². The van der Waals surface area contributed by atoms with E-state index in [1.54, 1.807) is 16.6 Å². The zero-order chi connectivity index (χ0) is 20.7. The molecule has 0 aliphatic heterocycles. The maximum absolute atomic E-state index is 12.9. The first-order chi connectivity index (χ1) is 13.8. The van der Waals surface area contributed by atoms with E-state index in [0.29, 0.717) is 11.5 Å². The van der Waals surface area contributed by atoms with Gasteiger partial charge in [0.05, 0.1) is 5.52 Å². The summed E-state index contributed by atoms with van der Waals surface area (Å²) in [6.07, 6.45) is 3.70. The molecule has 0 spiro atoms. The van der Waals surface area contributed by atoms with Gasteiger partial charge < -0.3 is 4.90 Å². The molecule has 0 radical (unpaired) electrons. The van der Waals surface area contributed by atoms with Crippen molar-refractivity contribution in [3.8, 4) is 11.4 Å². The van der Waals surface area contributed by atoms with Crippen LogP contribution in [0, 0.1) is 20.8 Å². The topological polar surface area (TPSA) is 63.9 Å². The summed E-state index contributed by atoms with van der Waals surface area (Å²) in [6, 6.07) is 12.0. The van der Waals surface area contributed by atoms with Crippen LogP contribution in [-0.2, 0) is 7.05 Å². The number of hydrogen-bond acceptors (Lipinski definition) is 4. The number of carbonyl (C=O) groups is 1. The molecule has 146 valence electrons. The van der Waals surface area contributed by atoms with Gasteiger partial charge in [0.25, 0.3) is 5.91 Å². The summed E-state index contributed by atoms with van der Waals surface area (Å²) in [5.74, 6) is 0.543. The highest BCUT2D eigenvalue weighted by atomic mass is 16.2. The van der Waals surface area contributed by atoms with Gasteiger partial charge in [0, 0.05) is 48.7 Å². The minimum absolute atomic E-state index is 0.128. The van der Waals surface area contributed by atoms with Gasteiger partial charge in [-0.3, -0.25) is 9.48 Å². The molecule has 0 N–H and O–H groups in total. The third-order valence-electron chi connectivity index (χ3n) is 5.07. The van der Waals surface area contributed by atoms with E-state index in [9.17, 15) is 4.79 Å². The summed E-state index contributed by atoms with van der Waals surface area (Å²) in [5.41, 5.74) is 6.15. The first-order valence-corrected chi connectivity index (χ1v) is 9.46. The monoisotopic (exact) mass is 385 g/mol. The molecule has 4 rings (SSSR count). The van der Waals surface area contributed by atoms with E-state index in [0.717, 1.165) is 33.3 Å². The predicted octanol–water partition coefficient (Wildman–Crippen LogP) is 4.23. The van der Waals surface area contributed by atoms with E-state index in [1.807, 2.05) is 63.6 Å². The van der Waals surface area contributed by atoms with E-state index in [4.69, 9.17) is 4.98 Å². The van der Waals surface area contributed by atoms with E-state index in [2.05, 4.69) is 23.1 Å². The van der Waals surface area contributed by atoms with Crippen molar-refractivity contribution in [3.05, 3.63) is 71.2 Å². The molecule has 2 aromatic carbocycles. The number of carbonyl (C=O) groups excluding carboxylic acids is 1. The van der Waals surface area contributed by atoms with E-state index in [-0.39, 0.29) is 5.91 Å². The maximum atomic E-state index is 12.9. The second kappa shape index (κ2) is 7.13. The lowest BCUT2D eigenvalue weighted by molar-refractivity contribution is 0.0987. The molecule has 6 nitrogen and oxygen atoms in total. The van der Waals surface area contributed by atoms with Crippen molar-refractivity contribution >= 4 is 22.5 Å². The third-order valence-corrected chi connectivity index (χ3v) is 5.07. The fourth-order valence-electron chi connectivity index (χ4n) is 3.55. The number of aryl methyl sites for hydroxylation is 4. The summed E-state index contributed by atoms with van der Waals surface area (Å²) in [6.45, 7) is 5.93. The number of rotatable bonds is 3. The molecular formula is C23H23N5O. The molecule has 0 saturated heterocycles. The highest BCUT2D eigenvalue weighted by Crippen LogP contribution is 2.27. The van der Waals surface area contributed by atoms with Crippen LogP contribution in [0.5, 0.6) is 0 Å². The molecule has 0 unspecified atom stereocenters. The average Bonchev–Trinajstić information content (AvgIpc) is 3.04.